The Balaban J connectivity index is 2.10. The summed E-state index contributed by atoms with van der Waals surface area (Å²) in [6, 6.07) is 4.00. The molecule has 3 aromatic rings. The molecule has 23 heavy (non-hydrogen) atoms. The van der Waals surface area contributed by atoms with Crippen LogP contribution in [0.25, 0.3) is 11.0 Å². The van der Waals surface area contributed by atoms with Crippen molar-refractivity contribution in [3.63, 3.8) is 0 Å². The Bertz CT molecular complexity index is 907. The summed E-state index contributed by atoms with van der Waals surface area (Å²) in [5.74, 6) is 1.07. The molecule has 0 radical (unpaired) electrons. The van der Waals surface area contributed by atoms with Crippen LogP contribution in [0.1, 0.15) is 16.7 Å². The van der Waals surface area contributed by atoms with Crippen LogP contribution in [0.2, 0.25) is 5.15 Å². The Hall–Kier alpha value is -1.79. The van der Waals surface area contributed by atoms with Gasteiger partial charge in [-0.15, -0.1) is 0 Å². The molecule has 0 amide bonds. The zero-order chi connectivity index (χ0) is 16.7. The molecule has 2 aromatic heterocycles. The molecule has 5 nitrogen and oxygen atoms in total. The molecule has 120 valence electrons. The molecule has 0 saturated heterocycles. The van der Waals surface area contributed by atoms with Crippen molar-refractivity contribution in [3.05, 3.63) is 44.6 Å². The third-order valence-corrected chi connectivity index (χ3v) is 5.23. The number of benzene rings is 1. The number of halogens is 2. The first kappa shape index (κ1) is 16.1. The number of methoxy groups -OCH3 is 1. The SMILES string of the molecule is COc1c(C)cc(Cn2ccc3c(Cl)nc(N)nc32)c(Br)c1C. The molecule has 0 aliphatic rings. The number of rotatable bonds is 3. The first-order chi connectivity index (χ1) is 10.9. The van der Waals surface area contributed by atoms with Crippen LogP contribution in [0.5, 0.6) is 5.75 Å². The zero-order valence-electron chi connectivity index (χ0n) is 13.0. The smallest absolute Gasteiger partial charge is 0.223 e. The largest absolute Gasteiger partial charge is 0.496 e. The Labute approximate surface area is 147 Å². The number of fused-ring (bicyclic) bond motifs is 1. The minimum atomic E-state index is 0.170. The monoisotopic (exact) mass is 394 g/mol. The lowest BCUT2D eigenvalue weighted by atomic mass is 10.1. The van der Waals surface area contributed by atoms with Crippen molar-refractivity contribution in [3.8, 4) is 5.75 Å². The van der Waals surface area contributed by atoms with E-state index in [1.165, 1.54) is 0 Å². The molecule has 0 fully saturated rings. The second kappa shape index (κ2) is 6.02. The van der Waals surface area contributed by atoms with E-state index in [-0.39, 0.29) is 5.95 Å². The number of nitrogen functional groups attached to an aromatic ring is 1. The van der Waals surface area contributed by atoms with E-state index in [1.54, 1.807) is 7.11 Å². The van der Waals surface area contributed by atoms with Gasteiger partial charge in [-0.3, -0.25) is 0 Å². The molecule has 2 N–H and O–H groups in total. The van der Waals surface area contributed by atoms with Crippen molar-refractivity contribution in [2.45, 2.75) is 20.4 Å². The van der Waals surface area contributed by atoms with E-state index < -0.39 is 0 Å². The maximum Gasteiger partial charge on any atom is 0.223 e. The fourth-order valence-electron chi connectivity index (χ4n) is 2.81. The van der Waals surface area contributed by atoms with E-state index in [4.69, 9.17) is 22.1 Å². The lowest BCUT2D eigenvalue weighted by Crippen LogP contribution is -2.04. The highest BCUT2D eigenvalue weighted by molar-refractivity contribution is 9.10. The number of aryl methyl sites for hydroxylation is 1. The zero-order valence-corrected chi connectivity index (χ0v) is 15.4. The van der Waals surface area contributed by atoms with Gasteiger partial charge in [-0.2, -0.15) is 4.98 Å². The van der Waals surface area contributed by atoms with E-state index >= 15 is 0 Å². The van der Waals surface area contributed by atoms with Crippen molar-refractivity contribution in [1.29, 1.82) is 0 Å². The van der Waals surface area contributed by atoms with Crippen LogP contribution < -0.4 is 10.5 Å². The minimum Gasteiger partial charge on any atom is -0.496 e. The van der Waals surface area contributed by atoms with Crippen molar-refractivity contribution in [1.82, 2.24) is 14.5 Å². The van der Waals surface area contributed by atoms with Crippen LogP contribution in [0, 0.1) is 13.8 Å². The average molecular weight is 396 g/mol. The van der Waals surface area contributed by atoms with Gasteiger partial charge in [0.15, 0.2) is 0 Å². The number of nitrogens with zero attached hydrogens (tertiary/aromatic N) is 3. The van der Waals surface area contributed by atoms with Crippen molar-refractivity contribution < 1.29 is 4.74 Å². The fourth-order valence-corrected chi connectivity index (χ4v) is 3.46. The third kappa shape index (κ3) is 2.77. The molecular formula is C16H16BrClN4O. The van der Waals surface area contributed by atoms with Crippen LogP contribution in [-0.4, -0.2) is 21.6 Å². The van der Waals surface area contributed by atoms with Crippen molar-refractivity contribution >= 4 is 44.5 Å². The molecular weight excluding hydrogens is 380 g/mol. The standard InChI is InChI=1S/C16H16BrClN4O/c1-8-6-10(12(17)9(2)13(8)23-3)7-22-5-4-11-14(18)20-16(19)21-15(11)22/h4-6H,7H2,1-3H3,(H2,19,20,21). The quantitative estimate of drug-likeness (QED) is 0.678. The topological polar surface area (TPSA) is 66.0 Å². The highest BCUT2D eigenvalue weighted by Gasteiger charge is 2.14. The minimum absolute atomic E-state index is 0.170. The molecule has 0 atom stereocenters. The summed E-state index contributed by atoms with van der Waals surface area (Å²) < 4.78 is 8.48. The number of ether oxygens (including phenoxy) is 1. The van der Waals surface area contributed by atoms with Gasteiger partial charge < -0.3 is 15.0 Å². The van der Waals surface area contributed by atoms with Gasteiger partial charge in [-0.25, -0.2) is 4.98 Å². The molecule has 0 unspecified atom stereocenters. The predicted octanol–water partition coefficient (Wildman–Crippen LogP) is 4.10. The molecule has 7 heteroatoms. The van der Waals surface area contributed by atoms with Gasteiger partial charge >= 0.3 is 0 Å². The lowest BCUT2D eigenvalue weighted by Gasteiger charge is -2.15. The molecule has 0 bridgehead atoms. The van der Waals surface area contributed by atoms with E-state index in [0.717, 1.165) is 37.9 Å². The highest BCUT2D eigenvalue weighted by Crippen LogP contribution is 2.34. The Morgan fingerprint density at radius 2 is 2.09 bits per heavy atom. The van der Waals surface area contributed by atoms with Crippen LogP contribution in [0.15, 0.2) is 22.8 Å². The number of aromatic nitrogens is 3. The van der Waals surface area contributed by atoms with Crippen LogP contribution >= 0.6 is 27.5 Å². The first-order valence-electron chi connectivity index (χ1n) is 7.02. The summed E-state index contributed by atoms with van der Waals surface area (Å²) in [6.45, 7) is 4.71. The summed E-state index contributed by atoms with van der Waals surface area (Å²) in [7, 11) is 1.68. The number of hydrogen-bond acceptors (Lipinski definition) is 4. The predicted molar refractivity (Wildman–Crippen MR) is 96.2 cm³/mol. The molecule has 1 aromatic carbocycles. The van der Waals surface area contributed by atoms with Crippen LogP contribution in [0.3, 0.4) is 0 Å². The Morgan fingerprint density at radius 3 is 2.78 bits per heavy atom. The number of nitrogens with two attached hydrogens (primary N) is 1. The average Bonchev–Trinajstić information content (AvgIpc) is 2.88. The molecule has 2 heterocycles. The molecule has 0 saturated carbocycles. The second-order valence-corrected chi connectivity index (χ2v) is 6.53. The van der Waals surface area contributed by atoms with Crippen molar-refractivity contribution in [2.75, 3.05) is 12.8 Å². The number of anilines is 1. The summed E-state index contributed by atoms with van der Waals surface area (Å²) in [5, 5.41) is 1.16. The maximum atomic E-state index is 6.13. The summed E-state index contributed by atoms with van der Waals surface area (Å²) in [4.78, 5) is 8.29. The van der Waals surface area contributed by atoms with Gasteiger partial charge in [0.1, 0.15) is 16.5 Å². The normalized spacial score (nSPS) is 11.2. The van der Waals surface area contributed by atoms with E-state index in [0.29, 0.717) is 11.7 Å². The van der Waals surface area contributed by atoms with Gasteiger partial charge in [-0.1, -0.05) is 27.5 Å². The summed E-state index contributed by atoms with van der Waals surface area (Å²) in [5.41, 5.74) is 9.74. The fraction of sp³-hybridized carbons (Fsp3) is 0.250. The lowest BCUT2D eigenvalue weighted by molar-refractivity contribution is 0.408. The van der Waals surface area contributed by atoms with Crippen molar-refractivity contribution in [2.24, 2.45) is 0 Å². The van der Waals surface area contributed by atoms with Gasteiger partial charge in [0.25, 0.3) is 0 Å². The maximum absolute atomic E-state index is 6.13. The number of hydrogen-bond donors (Lipinski definition) is 1. The Morgan fingerprint density at radius 1 is 1.35 bits per heavy atom. The molecule has 0 aliphatic carbocycles. The van der Waals surface area contributed by atoms with E-state index in [9.17, 15) is 0 Å². The van der Waals surface area contributed by atoms with E-state index in [1.807, 2.05) is 30.7 Å². The second-order valence-electron chi connectivity index (χ2n) is 5.38. The van der Waals surface area contributed by atoms with Gasteiger partial charge in [0, 0.05) is 16.2 Å². The van der Waals surface area contributed by atoms with Gasteiger partial charge in [-0.05, 0) is 37.1 Å². The van der Waals surface area contributed by atoms with Crippen LogP contribution in [0.4, 0.5) is 5.95 Å². The molecule has 3 rings (SSSR count). The Kier molecular flexibility index (Phi) is 4.21. The van der Waals surface area contributed by atoms with E-state index in [2.05, 4.69) is 32.0 Å². The molecule has 0 spiro atoms. The van der Waals surface area contributed by atoms with Gasteiger partial charge in [0.05, 0.1) is 19.0 Å². The third-order valence-electron chi connectivity index (χ3n) is 3.83. The van der Waals surface area contributed by atoms with Gasteiger partial charge in [0.2, 0.25) is 5.95 Å². The first-order valence-corrected chi connectivity index (χ1v) is 8.20. The highest BCUT2D eigenvalue weighted by atomic mass is 79.9. The summed E-state index contributed by atoms with van der Waals surface area (Å²) >= 11 is 9.80. The van der Waals surface area contributed by atoms with Crippen LogP contribution in [-0.2, 0) is 6.54 Å². The summed E-state index contributed by atoms with van der Waals surface area (Å²) in [6.07, 6.45) is 1.94. The molecule has 0 aliphatic heterocycles.